The molecule has 0 fully saturated rings. The maximum atomic E-state index is 11.6. The number of nitrogens with zero attached hydrogens (tertiary/aromatic N) is 2. The minimum absolute atomic E-state index is 0.0883. The number of carbonyl (C=O) groups is 1. The molecule has 0 bridgehead atoms. The lowest BCUT2D eigenvalue weighted by Gasteiger charge is -2.05. The molecule has 0 unspecified atom stereocenters. The SMILES string of the molecule is CNC(=O)c1cccc(CNc2nc(CCOC)ns2)c1. The van der Waals surface area contributed by atoms with Crippen LogP contribution in [0, 0.1) is 0 Å². The molecule has 1 amide bonds. The van der Waals surface area contributed by atoms with E-state index in [1.54, 1.807) is 20.2 Å². The first-order valence-corrected chi connectivity index (χ1v) is 7.36. The number of nitrogens with one attached hydrogen (secondary N) is 2. The molecule has 6 nitrogen and oxygen atoms in total. The molecule has 2 rings (SSSR count). The fourth-order valence-electron chi connectivity index (χ4n) is 1.77. The molecular weight excluding hydrogens is 288 g/mol. The lowest BCUT2D eigenvalue weighted by atomic mass is 10.1. The number of hydrogen-bond acceptors (Lipinski definition) is 6. The zero-order chi connectivity index (χ0) is 15.1. The molecule has 21 heavy (non-hydrogen) atoms. The van der Waals surface area contributed by atoms with Gasteiger partial charge in [-0.05, 0) is 17.7 Å². The minimum Gasteiger partial charge on any atom is -0.384 e. The topological polar surface area (TPSA) is 76.1 Å². The average Bonchev–Trinajstić information content (AvgIpc) is 2.98. The van der Waals surface area contributed by atoms with Gasteiger partial charge in [-0.2, -0.15) is 4.37 Å². The van der Waals surface area contributed by atoms with Crippen LogP contribution in [0.5, 0.6) is 0 Å². The Balaban J connectivity index is 1.93. The first kappa shape index (κ1) is 15.4. The van der Waals surface area contributed by atoms with E-state index in [1.165, 1.54) is 11.5 Å². The highest BCUT2D eigenvalue weighted by Crippen LogP contribution is 2.14. The molecule has 0 spiro atoms. The number of benzene rings is 1. The Kier molecular flexibility index (Phi) is 5.65. The van der Waals surface area contributed by atoms with Crippen molar-refractivity contribution in [3.8, 4) is 0 Å². The minimum atomic E-state index is -0.0883. The normalized spacial score (nSPS) is 10.4. The summed E-state index contributed by atoms with van der Waals surface area (Å²) < 4.78 is 9.25. The Morgan fingerprint density at radius 3 is 3.05 bits per heavy atom. The second kappa shape index (κ2) is 7.70. The molecule has 0 saturated carbocycles. The summed E-state index contributed by atoms with van der Waals surface area (Å²) in [7, 11) is 3.28. The number of carbonyl (C=O) groups excluding carboxylic acids is 1. The highest BCUT2D eigenvalue weighted by molar-refractivity contribution is 7.09. The monoisotopic (exact) mass is 306 g/mol. The van der Waals surface area contributed by atoms with E-state index in [1.807, 2.05) is 18.2 Å². The van der Waals surface area contributed by atoms with Gasteiger partial charge in [0.25, 0.3) is 5.91 Å². The summed E-state index contributed by atoms with van der Waals surface area (Å²) in [6.07, 6.45) is 0.709. The van der Waals surface area contributed by atoms with Gasteiger partial charge in [-0.1, -0.05) is 12.1 Å². The molecule has 1 heterocycles. The second-order valence-corrected chi connectivity index (χ2v) is 5.14. The van der Waals surface area contributed by atoms with E-state index in [4.69, 9.17) is 4.74 Å². The molecule has 0 atom stereocenters. The quantitative estimate of drug-likeness (QED) is 0.814. The molecular formula is C14H18N4O2S. The summed E-state index contributed by atoms with van der Waals surface area (Å²) in [6, 6.07) is 7.48. The lowest BCUT2D eigenvalue weighted by Crippen LogP contribution is -2.17. The van der Waals surface area contributed by atoms with Gasteiger partial charge in [0.2, 0.25) is 5.13 Å². The van der Waals surface area contributed by atoms with Crippen molar-refractivity contribution in [1.82, 2.24) is 14.7 Å². The zero-order valence-electron chi connectivity index (χ0n) is 12.0. The molecule has 0 saturated heterocycles. The third-order valence-corrected chi connectivity index (χ3v) is 3.57. The third kappa shape index (κ3) is 4.51. The molecule has 2 aromatic rings. The van der Waals surface area contributed by atoms with Crippen LogP contribution < -0.4 is 10.6 Å². The van der Waals surface area contributed by atoms with Crippen LogP contribution in [0.15, 0.2) is 24.3 Å². The van der Waals surface area contributed by atoms with E-state index in [-0.39, 0.29) is 5.91 Å². The number of aromatic nitrogens is 2. The number of amides is 1. The molecule has 0 radical (unpaired) electrons. The molecule has 0 aliphatic rings. The maximum absolute atomic E-state index is 11.6. The van der Waals surface area contributed by atoms with Gasteiger partial charge in [0.1, 0.15) is 5.82 Å². The number of ether oxygens (including phenoxy) is 1. The predicted octanol–water partition coefficient (Wildman–Crippen LogP) is 1.70. The van der Waals surface area contributed by atoms with Crippen LogP contribution in [0.4, 0.5) is 5.13 Å². The first-order valence-electron chi connectivity index (χ1n) is 6.59. The van der Waals surface area contributed by atoms with Crippen LogP contribution in [-0.4, -0.2) is 36.0 Å². The van der Waals surface area contributed by atoms with Crippen LogP contribution in [0.2, 0.25) is 0 Å². The average molecular weight is 306 g/mol. The van der Waals surface area contributed by atoms with Crippen molar-refractivity contribution >= 4 is 22.6 Å². The standard InChI is InChI=1S/C14H18N4O2S/c1-15-13(19)11-5-3-4-10(8-11)9-16-14-17-12(18-21-14)6-7-20-2/h3-5,8H,6-7,9H2,1-2H3,(H,15,19)(H,16,17,18). The lowest BCUT2D eigenvalue weighted by molar-refractivity contribution is 0.0963. The molecule has 2 N–H and O–H groups in total. The largest absolute Gasteiger partial charge is 0.384 e. The molecule has 7 heteroatoms. The number of methoxy groups -OCH3 is 1. The second-order valence-electron chi connectivity index (χ2n) is 4.39. The van der Waals surface area contributed by atoms with Gasteiger partial charge in [0, 0.05) is 44.2 Å². The summed E-state index contributed by atoms with van der Waals surface area (Å²) in [6.45, 7) is 1.22. The maximum Gasteiger partial charge on any atom is 0.251 e. The fraction of sp³-hybridized carbons (Fsp3) is 0.357. The Labute approximate surface area is 127 Å². The Morgan fingerprint density at radius 1 is 1.43 bits per heavy atom. The van der Waals surface area contributed by atoms with Gasteiger partial charge in [-0.3, -0.25) is 4.79 Å². The van der Waals surface area contributed by atoms with Crippen LogP contribution in [0.25, 0.3) is 0 Å². The Bertz CT molecular complexity index is 600. The van der Waals surface area contributed by atoms with E-state index in [0.717, 1.165) is 16.5 Å². The highest BCUT2D eigenvalue weighted by atomic mass is 32.1. The highest BCUT2D eigenvalue weighted by Gasteiger charge is 2.06. The summed E-state index contributed by atoms with van der Waals surface area (Å²) in [5.74, 6) is 0.693. The van der Waals surface area contributed by atoms with Crippen molar-refractivity contribution in [2.75, 3.05) is 26.1 Å². The van der Waals surface area contributed by atoms with Gasteiger partial charge < -0.3 is 15.4 Å². The molecule has 1 aromatic heterocycles. The summed E-state index contributed by atoms with van der Waals surface area (Å²) in [5, 5.41) is 6.60. The van der Waals surface area contributed by atoms with Crippen LogP contribution in [0.1, 0.15) is 21.7 Å². The van der Waals surface area contributed by atoms with E-state index < -0.39 is 0 Å². The van der Waals surface area contributed by atoms with Crippen LogP contribution in [-0.2, 0) is 17.7 Å². The summed E-state index contributed by atoms with van der Waals surface area (Å²) in [4.78, 5) is 16.0. The first-order chi connectivity index (χ1) is 10.2. The Morgan fingerprint density at radius 2 is 2.29 bits per heavy atom. The van der Waals surface area contributed by atoms with Crippen LogP contribution >= 0.6 is 11.5 Å². The van der Waals surface area contributed by atoms with E-state index in [9.17, 15) is 4.79 Å². The van der Waals surface area contributed by atoms with Gasteiger partial charge in [0.15, 0.2) is 0 Å². The van der Waals surface area contributed by atoms with E-state index in [0.29, 0.717) is 25.1 Å². The smallest absolute Gasteiger partial charge is 0.251 e. The summed E-state index contributed by atoms with van der Waals surface area (Å²) in [5.41, 5.74) is 1.67. The van der Waals surface area contributed by atoms with Gasteiger partial charge in [0.05, 0.1) is 6.61 Å². The Hall–Kier alpha value is -1.99. The molecule has 112 valence electrons. The third-order valence-electron chi connectivity index (χ3n) is 2.86. The van der Waals surface area contributed by atoms with E-state index >= 15 is 0 Å². The van der Waals surface area contributed by atoms with Crippen molar-refractivity contribution in [2.24, 2.45) is 0 Å². The molecule has 0 aliphatic carbocycles. The number of rotatable bonds is 7. The number of hydrogen-bond donors (Lipinski definition) is 2. The molecule has 1 aromatic carbocycles. The van der Waals surface area contributed by atoms with Crippen molar-refractivity contribution in [3.05, 3.63) is 41.2 Å². The van der Waals surface area contributed by atoms with Gasteiger partial charge in [-0.25, -0.2) is 4.98 Å². The fourth-order valence-corrected chi connectivity index (χ4v) is 2.37. The van der Waals surface area contributed by atoms with Gasteiger partial charge >= 0.3 is 0 Å². The zero-order valence-corrected chi connectivity index (χ0v) is 12.9. The predicted molar refractivity (Wildman–Crippen MR) is 82.6 cm³/mol. The van der Waals surface area contributed by atoms with Gasteiger partial charge in [-0.15, -0.1) is 0 Å². The van der Waals surface area contributed by atoms with Crippen molar-refractivity contribution in [1.29, 1.82) is 0 Å². The summed E-state index contributed by atoms with van der Waals surface area (Å²) >= 11 is 1.33. The van der Waals surface area contributed by atoms with Crippen molar-refractivity contribution in [3.63, 3.8) is 0 Å². The van der Waals surface area contributed by atoms with Crippen molar-refractivity contribution in [2.45, 2.75) is 13.0 Å². The number of anilines is 1. The van der Waals surface area contributed by atoms with Crippen molar-refractivity contribution < 1.29 is 9.53 Å². The van der Waals surface area contributed by atoms with E-state index in [2.05, 4.69) is 20.0 Å². The van der Waals surface area contributed by atoms with Crippen LogP contribution in [0.3, 0.4) is 0 Å². The molecule has 0 aliphatic heterocycles.